The molecule has 4 aliphatic rings. The van der Waals surface area contributed by atoms with Gasteiger partial charge in [0.1, 0.15) is 0 Å². The molecule has 10 rings (SSSR count). The predicted molar refractivity (Wildman–Crippen MR) is 208 cm³/mol. The normalized spacial score (nSPS) is 14.8. The molecule has 8 nitrogen and oxygen atoms in total. The van der Waals surface area contributed by atoms with Crippen molar-refractivity contribution in [3.63, 3.8) is 0 Å². The van der Waals surface area contributed by atoms with Crippen LogP contribution in [-0.4, -0.2) is 73.6 Å². The zero-order valence-corrected chi connectivity index (χ0v) is 37.7. The van der Waals surface area contributed by atoms with E-state index in [2.05, 4.69) is 30.0 Å². The summed E-state index contributed by atoms with van der Waals surface area (Å²) in [6, 6.07) is 0. The van der Waals surface area contributed by atoms with Crippen molar-refractivity contribution in [2.45, 2.75) is 42.6 Å². The number of rotatable bonds is 8. The second-order valence-electron chi connectivity index (χ2n) is 13.6. The summed E-state index contributed by atoms with van der Waals surface area (Å²) >= 11 is -7.76. The zero-order chi connectivity index (χ0) is 49.7. The van der Waals surface area contributed by atoms with E-state index >= 15 is 52.7 Å². The van der Waals surface area contributed by atoms with Gasteiger partial charge in [-0.1, -0.05) is 0 Å². The van der Waals surface area contributed by atoms with Gasteiger partial charge in [-0.15, -0.1) is 0 Å². The van der Waals surface area contributed by atoms with Crippen LogP contribution in [0.5, 0.6) is 0 Å². The molecule has 0 saturated heterocycles. The number of nitrogens with zero attached hydrogens (tertiary/aromatic N) is 8. The van der Waals surface area contributed by atoms with Gasteiger partial charge in [0, 0.05) is 0 Å². The fraction of sp³-hybridized carbons (Fsp3) is 0.111. The van der Waals surface area contributed by atoms with Crippen LogP contribution in [0.1, 0.15) is 22.3 Å². The molecule has 0 N–H and O–H groups in total. The molecule has 0 atom stereocenters. The van der Waals surface area contributed by atoms with E-state index in [1.807, 2.05) is 0 Å². The first kappa shape index (κ1) is 47.7. The van der Waals surface area contributed by atoms with E-state index in [1.165, 1.54) is 0 Å². The minimum absolute atomic E-state index is 0.420. The number of hydrogen-bond acceptors (Lipinski definition) is 10. The molecule has 6 heterocycles. The average Bonchev–Trinajstić information content (AvgIpc) is 3.99. The number of alkyl halides is 8. The molecular formula is C36H4F20N8S4Sn. The Kier molecular flexibility index (Phi) is 11.6. The van der Waals surface area contributed by atoms with Crippen LogP contribution in [0.3, 0.4) is 0 Å². The maximum atomic E-state index is 16.9. The summed E-state index contributed by atoms with van der Waals surface area (Å²) in [5.74, 6) is -50.5. The van der Waals surface area contributed by atoms with Crippen LogP contribution in [-0.2, 0) is 0 Å². The molecule has 6 aromatic rings. The predicted octanol–water partition coefficient (Wildman–Crippen LogP) is 11.4. The molecule has 0 saturated carbocycles. The summed E-state index contributed by atoms with van der Waals surface area (Å²) in [6.45, 7) is 0. The first-order valence-electron chi connectivity index (χ1n) is 17.8. The van der Waals surface area contributed by atoms with E-state index in [0.717, 1.165) is 0 Å². The summed E-state index contributed by atoms with van der Waals surface area (Å²) in [5, 5.41) is -6.06. The Morgan fingerprint density at radius 3 is 0.986 bits per heavy atom. The van der Waals surface area contributed by atoms with Gasteiger partial charge >= 0.3 is 394 Å². The molecule has 6 bridgehead atoms. The quantitative estimate of drug-likeness (QED) is 0.0658. The molecule has 0 aliphatic carbocycles. The van der Waals surface area contributed by atoms with Crippen LogP contribution in [0.15, 0.2) is 49.5 Å². The number of benzene rings is 4. The third-order valence-electron chi connectivity index (χ3n) is 10.1. The number of aromatic nitrogens is 2. The van der Waals surface area contributed by atoms with Gasteiger partial charge in [-0.2, -0.15) is 0 Å². The van der Waals surface area contributed by atoms with Gasteiger partial charge in [0.15, 0.2) is 0 Å². The van der Waals surface area contributed by atoms with Crippen molar-refractivity contribution >= 4 is 125 Å². The molecule has 69 heavy (non-hydrogen) atoms. The van der Waals surface area contributed by atoms with Gasteiger partial charge in [-0.25, -0.2) is 0 Å². The van der Waals surface area contributed by atoms with Gasteiger partial charge in [-0.05, 0) is 0 Å². The van der Waals surface area contributed by atoms with Crippen molar-refractivity contribution in [3.05, 3.63) is 103 Å². The van der Waals surface area contributed by atoms with Crippen molar-refractivity contribution in [2.24, 2.45) is 30.0 Å². The minimum atomic E-state index is -4.01. The summed E-state index contributed by atoms with van der Waals surface area (Å²) in [6.07, 6.45) is 0. The number of amidine groups is 4. The molecule has 2 radical (unpaired) electrons. The number of fused-ring (bicyclic) bond motifs is 14. The van der Waals surface area contributed by atoms with Crippen LogP contribution < -0.4 is 11.0 Å². The number of thioether (sulfide) groups is 4. The number of aliphatic imine (C=N–C) groups is 4. The zero-order valence-electron chi connectivity index (χ0n) is 31.6. The summed E-state index contributed by atoms with van der Waals surface area (Å²) in [5.41, 5.74) is -8.55. The third-order valence-corrected chi connectivity index (χ3v) is 16.7. The van der Waals surface area contributed by atoms with E-state index < -0.39 is 271 Å². The van der Waals surface area contributed by atoms with E-state index in [9.17, 15) is 35.1 Å². The van der Waals surface area contributed by atoms with Gasteiger partial charge < -0.3 is 0 Å². The molecule has 0 spiro atoms. The fourth-order valence-electron chi connectivity index (χ4n) is 7.52. The van der Waals surface area contributed by atoms with Crippen molar-refractivity contribution in [1.82, 2.24) is 5.58 Å². The molecule has 4 aromatic carbocycles. The van der Waals surface area contributed by atoms with Crippen LogP contribution in [0.25, 0.3) is 21.5 Å². The summed E-state index contributed by atoms with van der Waals surface area (Å²) in [4.78, 5) is 16.0. The SMILES string of the molecule is Fc1c(F)c2c(c(F)c1SC(F)F)C1=NC2=Nc2c3c(F)c(SC(F)F)c(F)c(F)c3c3[n]2[Sn][n]2c(c4c(F)c(F)c(SC(F)F)c(F)c4c2=NC2=NC(=N3)c3c(F)c(SC(F)F)c(F)c(F)c32)=N1. The first-order chi connectivity index (χ1) is 32.5. The Balaban J connectivity index is 1.51. The molecule has 356 valence electrons. The van der Waals surface area contributed by atoms with Crippen molar-refractivity contribution < 1.29 is 87.8 Å². The molecule has 4 aliphatic heterocycles. The van der Waals surface area contributed by atoms with E-state index in [1.54, 1.807) is 0 Å². The van der Waals surface area contributed by atoms with Crippen LogP contribution in [0, 0.1) is 69.8 Å². The first-order valence-corrected chi connectivity index (χ1v) is 23.9. The Hall–Kier alpha value is -4.96. The molecule has 0 unspecified atom stereocenters. The van der Waals surface area contributed by atoms with Crippen LogP contribution >= 0.6 is 47.0 Å². The summed E-state index contributed by atoms with van der Waals surface area (Å²) < 4.78 is 306. The van der Waals surface area contributed by atoms with E-state index in [-0.39, 0.29) is 0 Å². The molecule has 0 fully saturated rings. The number of hydrogen-bond donors (Lipinski definition) is 0. The van der Waals surface area contributed by atoms with Gasteiger partial charge in [0.2, 0.25) is 0 Å². The standard InChI is InChI=1S/C36H4F20N8S4.Sn/c37-9-1-5(13(41)21(17(9)45)65-33(49)50)29-57-25(1)61-30-6-2(10(38)18(46)22(14(6)42)66-34(51)52)27(58-30)63-32-8-4(12(40)20(48)24(16(8)44)68-36(55)56)28(60-32)64-31-7-3(26(59-31)62-29)11(39)19(47)23(15(7)43)67-35(53)54;/h33-36H;/q-2;+2. The van der Waals surface area contributed by atoms with Crippen molar-refractivity contribution in [1.29, 1.82) is 0 Å². The molecular weight excluding hydrogens is 1170 g/mol. The Morgan fingerprint density at radius 1 is 0.304 bits per heavy atom. The number of halogens is 20. The fourth-order valence-corrected chi connectivity index (χ4v) is 13.3. The van der Waals surface area contributed by atoms with E-state index in [0.29, 0.717) is 5.58 Å². The Morgan fingerprint density at radius 2 is 0.594 bits per heavy atom. The van der Waals surface area contributed by atoms with Crippen molar-refractivity contribution in [2.75, 3.05) is 0 Å². The molecule has 33 heteroatoms. The topological polar surface area (TPSA) is 84.0 Å². The van der Waals surface area contributed by atoms with Gasteiger partial charge in [-0.3, -0.25) is 0 Å². The molecule has 2 aromatic heterocycles. The van der Waals surface area contributed by atoms with Gasteiger partial charge in [0.25, 0.3) is 0 Å². The average molecular weight is 1180 g/mol. The monoisotopic (exact) mass is 1180 g/mol. The Bertz CT molecular complexity index is 3670. The van der Waals surface area contributed by atoms with Crippen molar-refractivity contribution in [3.8, 4) is 0 Å². The third kappa shape index (κ3) is 7.01. The maximum absolute atomic E-state index is 16.9. The molecule has 0 amide bonds. The van der Waals surface area contributed by atoms with Crippen LogP contribution in [0.2, 0.25) is 0 Å². The van der Waals surface area contributed by atoms with Crippen LogP contribution in [0.4, 0.5) is 99.4 Å². The Labute approximate surface area is 392 Å². The van der Waals surface area contributed by atoms with Gasteiger partial charge in [0.05, 0.1) is 0 Å². The summed E-state index contributed by atoms with van der Waals surface area (Å²) in [7, 11) is 0. The second kappa shape index (κ2) is 16.8. The second-order valence-corrected chi connectivity index (χ2v) is 20.8. The van der Waals surface area contributed by atoms with E-state index in [4.69, 9.17) is 0 Å².